The van der Waals surface area contributed by atoms with Crippen molar-refractivity contribution < 1.29 is 12.8 Å². The largest absolute Gasteiger partial charge is 2.00 e. The summed E-state index contributed by atoms with van der Waals surface area (Å²) in [6, 6.07) is 0. The number of aliphatic carboxylic acids is 1. The van der Waals surface area contributed by atoms with Gasteiger partial charge in [-0.15, -0.1) is 0 Å². The Balaban J connectivity index is -0.0000000267. The van der Waals surface area contributed by atoms with Crippen molar-refractivity contribution >= 4 is 54.9 Å². The second-order valence-corrected chi connectivity index (χ2v) is 0.542. The summed E-state index contributed by atoms with van der Waals surface area (Å²) < 4.78 is 0. The Morgan fingerprint density at radius 1 is 2.00 bits per heavy atom. The zero-order valence-electron chi connectivity index (χ0n) is 5.35. The van der Waals surface area contributed by atoms with Crippen molar-refractivity contribution in [1.82, 2.24) is 0 Å². The molecule has 0 aromatic carbocycles. The Hall–Kier alpha value is 0.781. The molecule has 0 unspecified atom stereocenters. The molecule has 0 amide bonds. The summed E-state index contributed by atoms with van der Waals surface area (Å²) in [6.45, 7) is 2.96. The summed E-state index contributed by atoms with van der Waals surface area (Å²) in [4.78, 5) is 9.25. The van der Waals surface area contributed by atoms with E-state index in [1.807, 2.05) is 0 Å². The topological polar surface area (TPSA) is 37.3 Å². The zero-order chi connectivity index (χ0) is 4.28. The predicted molar refractivity (Wildman–Crippen MR) is 25.8 cm³/mol. The molecule has 0 aromatic rings. The van der Waals surface area contributed by atoms with E-state index in [9.17, 15) is 4.79 Å². The van der Waals surface area contributed by atoms with Crippen LogP contribution < -0.4 is 0 Å². The Labute approximate surface area is 79.3 Å². The maximum atomic E-state index is 9.25. The van der Waals surface area contributed by atoms with Crippen molar-refractivity contribution in [3.63, 3.8) is 0 Å². The van der Waals surface area contributed by atoms with Crippen LogP contribution in [-0.4, -0.2) is 60.0 Å². The third kappa shape index (κ3) is 8.84. The van der Waals surface area contributed by atoms with Crippen molar-refractivity contribution in [1.29, 1.82) is 0 Å². The summed E-state index contributed by atoms with van der Waals surface area (Å²) >= 11 is 0. The first-order chi connectivity index (χ1) is 2.27. The van der Waals surface area contributed by atoms with Crippen molar-refractivity contribution in [2.45, 2.75) is 0 Å². The first kappa shape index (κ1) is 9.91. The number of carboxylic acid groups (broad SMARTS) is 1. The summed E-state index contributed by atoms with van der Waals surface area (Å²) in [5, 5.41) is 7.60. The summed E-state index contributed by atoms with van der Waals surface area (Å²) in [6.07, 6.45) is 0.833. The van der Waals surface area contributed by atoms with E-state index >= 15 is 0 Å². The van der Waals surface area contributed by atoms with Crippen molar-refractivity contribution in [2.24, 2.45) is 0 Å². The molecule has 0 spiro atoms. The van der Waals surface area contributed by atoms with Gasteiger partial charge in [-0.1, -0.05) is 6.58 Å². The second kappa shape index (κ2) is 5.78. The van der Waals surface area contributed by atoms with Gasteiger partial charge in [-0.3, -0.25) is 0 Å². The third-order valence-corrected chi connectivity index (χ3v) is 0.175. The molecule has 0 saturated carbocycles. The van der Waals surface area contributed by atoms with E-state index < -0.39 is 5.97 Å². The minimum absolute atomic E-state index is 0. The quantitative estimate of drug-likeness (QED) is 0.493. The Morgan fingerprint density at radius 3 is 2.17 bits per heavy atom. The normalized spacial score (nSPS) is 5.33. The van der Waals surface area contributed by atoms with Gasteiger partial charge in [0.2, 0.25) is 0 Å². The van der Waals surface area contributed by atoms with Crippen LogP contribution in [0.2, 0.25) is 0 Å². The Kier molecular flexibility index (Phi) is 9.55. The minimum atomic E-state index is -0.981. The first-order valence-corrected chi connectivity index (χ1v) is 1.12. The van der Waals surface area contributed by atoms with E-state index in [1.165, 1.54) is 0 Å². The van der Waals surface area contributed by atoms with E-state index in [2.05, 4.69) is 6.58 Å². The SMILES string of the molecule is C=CC(=O)O.[Ba+2].[H-].[H-]. The molecule has 0 fully saturated rings. The van der Waals surface area contributed by atoms with Gasteiger partial charge in [0.25, 0.3) is 0 Å². The number of hydrogen-bond acceptors (Lipinski definition) is 1. The van der Waals surface area contributed by atoms with Gasteiger partial charge < -0.3 is 7.96 Å². The fourth-order valence-electron chi connectivity index (χ4n) is 0. The molecule has 32 valence electrons. The predicted octanol–water partition coefficient (Wildman–Crippen LogP) is 0.101. The van der Waals surface area contributed by atoms with Crippen LogP contribution in [0.4, 0.5) is 0 Å². The average molecular weight is 211 g/mol. The zero-order valence-corrected chi connectivity index (χ0v) is 7.79. The van der Waals surface area contributed by atoms with Crippen molar-refractivity contribution in [2.75, 3.05) is 0 Å². The van der Waals surface area contributed by atoms with Gasteiger partial charge in [-0.25, -0.2) is 4.79 Å². The molecule has 0 radical (unpaired) electrons. The molecule has 0 aliphatic carbocycles. The first-order valence-electron chi connectivity index (χ1n) is 1.12. The molecule has 1 N–H and O–H groups in total. The van der Waals surface area contributed by atoms with Crippen LogP contribution in [0.1, 0.15) is 2.85 Å². The number of carbonyl (C=O) groups is 1. The molecule has 3 heteroatoms. The molecule has 0 aromatic heterocycles. The molecular weight excluding hydrogens is 205 g/mol. The molecule has 0 rings (SSSR count). The second-order valence-electron chi connectivity index (χ2n) is 0.542. The van der Waals surface area contributed by atoms with Gasteiger partial charge in [-0.2, -0.15) is 0 Å². The summed E-state index contributed by atoms with van der Waals surface area (Å²) in [5.41, 5.74) is 0. The van der Waals surface area contributed by atoms with E-state index in [-0.39, 0.29) is 51.7 Å². The third-order valence-electron chi connectivity index (χ3n) is 0.175. The Bertz CT molecular complexity index is 66.3. The van der Waals surface area contributed by atoms with Crippen LogP contribution in [0.25, 0.3) is 0 Å². The van der Waals surface area contributed by atoms with Crippen LogP contribution in [0.15, 0.2) is 12.7 Å². The van der Waals surface area contributed by atoms with E-state index in [4.69, 9.17) is 5.11 Å². The van der Waals surface area contributed by atoms with Crippen molar-refractivity contribution in [3.8, 4) is 0 Å². The number of hydrogen-bond donors (Lipinski definition) is 1. The molecule has 2 nitrogen and oxygen atoms in total. The Morgan fingerprint density at radius 2 is 2.17 bits per heavy atom. The summed E-state index contributed by atoms with van der Waals surface area (Å²) in [7, 11) is 0. The molecule has 0 aliphatic heterocycles. The molecule has 6 heavy (non-hydrogen) atoms. The molecular formula is C3H6BaO2. The van der Waals surface area contributed by atoms with Gasteiger partial charge in [-0.05, 0) is 0 Å². The van der Waals surface area contributed by atoms with Crippen molar-refractivity contribution in [3.05, 3.63) is 12.7 Å². The van der Waals surface area contributed by atoms with Gasteiger partial charge in [0.1, 0.15) is 0 Å². The van der Waals surface area contributed by atoms with Gasteiger partial charge >= 0.3 is 54.9 Å². The smallest absolute Gasteiger partial charge is 1.00 e. The maximum absolute atomic E-state index is 9.25. The summed E-state index contributed by atoms with van der Waals surface area (Å²) in [5.74, 6) is -0.981. The van der Waals surface area contributed by atoms with E-state index in [0.717, 1.165) is 6.08 Å². The fraction of sp³-hybridized carbons (Fsp3) is 0. The van der Waals surface area contributed by atoms with Crippen LogP contribution in [0.3, 0.4) is 0 Å². The van der Waals surface area contributed by atoms with Crippen LogP contribution >= 0.6 is 0 Å². The van der Waals surface area contributed by atoms with E-state index in [0.29, 0.717) is 0 Å². The molecule has 0 heterocycles. The van der Waals surface area contributed by atoms with Gasteiger partial charge in [0.15, 0.2) is 0 Å². The fourth-order valence-corrected chi connectivity index (χ4v) is 0. The monoisotopic (exact) mass is 212 g/mol. The molecule has 0 aliphatic rings. The molecule has 0 atom stereocenters. The maximum Gasteiger partial charge on any atom is 2.00 e. The standard InChI is InChI=1S/C3H4O2.Ba.2H/c1-2-3(4)5;;;/h2H,1H2,(H,4,5);;;/q;+2;2*-1. The van der Waals surface area contributed by atoms with E-state index in [1.54, 1.807) is 0 Å². The average Bonchev–Trinajstić information content (AvgIpc) is 1.38. The van der Waals surface area contributed by atoms with Gasteiger partial charge in [0, 0.05) is 6.08 Å². The number of carboxylic acids is 1. The minimum Gasteiger partial charge on any atom is -1.00 e. The number of rotatable bonds is 1. The van der Waals surface area contributed by atoms with Crippen LogP contribution in [0.5, 0.6) is 0 Å². The van der Waals surface area contributed by atoms with Crippen LogP contribution in [0, 0.1) is 0 Å². The van der Waals surface area contributed by atoms with Gasteiger partial charge in [0.05, 0.1) is 0 Å². The van der Waals surface area contributed by atoms with Crippen LogP contribution in [-0.2, 0) is 4.79 Å². The molecule has 0 bridgehead atoms. The molecule has 0 saturated heterocycles.